The molecule has 0 saturated carbocycles. The zero-order chi connectivity index (χ0) is 15.1. The van der Waals surface area contributed by atoms with Crippen LogP contribution >= 0.6 is 12.2 Å². The van der Waals surface area contributed by atoms with Crippen LogP contribution in [0.4, 0.5) is 17.6 Å². The highest BCUT2D eigenvalue weighted by Gasteiger charge is 2.35. The Morgan fingerprint density at radius 1 is 1.30 bits per heavy atom. The van der Waals surface area contributed by atoms with Gasteiger partial charge in [-0.25, -0.2) is 4.39 Å². The van der Waals surface area contributed by atoms with Crippen molar-refractivity contribution in [1.29, 1.82) is 0 Å². The average molecular weight is 305 g/mol. The second kappa shape index (κ2) is 5.01. The fourth-order valence-corrected chi connectivity index (χ4v) is 2.24. The number of alkyl halides is 3. The van der Waals surface area contributed by atoms with Crippen LogP contribution in [0.15, 0.2) is 18.2 Å². The van der Waals surface area contributed by atoms with Crippen molar-refractivity contribution in [1.82, 2.24) is 14.8 Å². The molecule has 0 aliphatic heterocycles. The van der Waals surface area contributed by atoms with Crippen LogP contribution in [0.5, 0.6) is 0 Å². The molecular formula is C12H11F4N3S. The van der Waals surface area contributed by atoms with Gasteiger partial charge in [-0.15, -0.1) is 0 Å². The van der Waals surface area contributed by atoms with Gasteiger partial charge in [-0.1, -0.05) is 6.07 Å². The average Bonchev–Trinajstić information content (AvgIpc) is 2.69. The van der Waals surface area contributed by atoms with Gasteiger partial charge in [0.15, 0.2) is 10.6 Å². The van der Waals surface area contributed by atoms with Gasteiger partial charge in [-0.3, -0.25) is 9.67 Å². The van der Waals surface area contributed by atoms with Crippen molar-refractivity contribution in [3.63, 3.8) is 0 Å². The summed E-state index contributed by atoms with van der Waals surface area (Å²) in [5.41, 5.74) is -1.56. The van der Waals surface area contributed by atoms with Crippen molar-refractivity contribution in [2.75, 3.05) is 0 Å². The molecule has 0 saturated heterocycles. The van der Waals surface area contributed by atoms with Gasteiger partial charge in [0.25, 0.3) is 0 Å². The molecule has 0 bridgehead atoms. The van der Waals surface area contributed by atoms with Gasteiger partial charge >= 0.3 is 6.18 Å². The third kappa shape index (κ3) is 2.47. The highest BCUT2D eigenvalue weighted by molar-refractivity contribution is 7.71. The number of nitrogens with one attached hydrogen (secondary N) is 1. The second-order valence-corrected chi connectivity index (χ2v) is 4.87. The van der Waals surface area contributed by atoms with Gasteiger partial charge in [0.05, 0.1) is 11.1 Å². The van der Waals surface area contributed by atoms with Gasteiger partial charge in [-0.2, -0.15) is 18.3 Å². The summed E-state index contributed by atoms with van der Waals surface area (Å²) in [4.78, 5) is 0. The Hall–Kier alpha value is -1.70. The third-order valence-corrected chi connectivity index (χ3v) is 3.05. The number of halogens is 4. The number of aromatic amines is 1. The Kier molecular flexibility index (Phi) is 3.68. The van der Waals surface area contributed by atoms with E-state index in [1.807, 2.05) is 0 Å². The van der Waals surface area contributed by atoms with Crippen LogP contribution in [-0.4, -0.2) is 14.8 Å². The van der Waals surface area contributed by atoms with Crippen LogP contribution < -0.4 is 0 Å². The normalized spacial score (nSPS) is 12.2. The summed E-state index contributed by atoms with van der Waals surface area (Å²) in [6.45, 7) is 3.56. The molecule has 1 heterocycles. The molecule has 0 fully saturated rings. The molecule has 108 valence electrons. The highest BCUT2D eigenvalue weighted by Crippen LogP contribution is 2.35. The van der Waals surface area contributed by atoms with E-state index in [2.05, 4.69) is 10.2 Å². The molecule has 0 radical (unpaired) electrons. The minimum Gasteiger partial charge on any atom is -0.298 e. The molecule has 0 aliphatic carbocycles. The molecule has 2 rings (SSSR count). The zero-order valence-electron chi connectivity index (χ0n) is 10.6. The van der Waals surface area contributed by atoms with E-state index in [4.69, 9.17) is 12.2 Å². The summed E-state index contributed by atoms with van der Waals surface area (Å²) >= 11 is 5.00. The molecule has 0 atom stereocenters. The molecular weight excluding hydrogens is 294 g/mol. The molecule has 0 aliphatic rings. The van der Waals surface area contributed by atoms with E-state index in [-0.39, 0.29) is 22.2 Å². The highest BCUT2D eigenvalue weighted by atomic mass is 32.1. The summed E-state index contributed by atoms with van der Waals surface area (Å²) in [6.07, 6.45) is -4.75. The SMILES string of the molecule is CC(C)n1c(-c2cccc(C(F)(F)F)c2F)n[nH]c1=S. The first-order valence-electron chi connectivity index (χ1n) is 5.76. The van der Waals surface area contributed by atoms with Gasteiger partial charge in [0, 0.05) is 6.04 Å². The van der Waals surface area contributed by atoms with Gasteiger partial charge in [-0.05, 0) is 38.2 Å². The molecule has 1 aromatic carbocycles. The van der Waals surface area contributed by atoms with Crippen molar-refractivity contribution in [3.05, 3.63) is 34.4 Å². The maximum Gasteiger partial charge on any atom is 0.419 e. The van der Waals surface area contributed by atoms with Gasteiger partial charge in [0.2, 0.25) is 0 Å². The molecule has 1 N–H and O–H groups in total. The first-order chi connectivity index (χ1) is 9.23. The van der Waals surface area contributed by atoms with E-state index in [0.717, 1.165) is 6.07 Å². The van der Waals surface area contributed by atoms with E-state index in [1.165, 1.54) is 10.6 Å². The number of hydrogen-bond donors (Lipinski definition) is 1. The monoisotopic (exact) mass is 305 g/mol. The number of aromatic nitrogens is 3. The van der Waals surface area contributed by atoms with Gasteiger partial charge < -0.3 is 0 Å². The van der Waals surface area contributed by atoms with Crippen LogP contribution in [0.1, 0.15) is 25.5 Å². The Morgan fingerprint density at radius 3 is 2.50 bits per heavy atom. The summed E-state index contributed by atoms with van der Waals surface area (Å²) in [5, 5.41) is 6.30. The van der Waals surface area contributed by atoms with E-state index in [9.17, 15) is 17.6 Å². The topological polar surface area (TPSA) is 33.6 Å². The van der Waals surface area contributed by atoms with E-state index in [0.29, 0.717) is 6.07 Å². The fraction of sp³-hybridized carbons (Fsp3) is 0.333. The van der Waals surface area contributed by atoms with Crippen molar-refractivity contribution >= 4 is 12.2 Å². The first-order valence-corrected chi connectivity index (χ1v) is 6.17. The fourth-order valence-electron chi connectivity index (χ4n) is 1.90. The Bertz CT molecular complexity index is 685. The predicted octanol–water partition coefficient (Wildman–Crippen LogP) is 4.35. The summed E-state index contributed by atoms with van der Waals surface area (Å²) in [7, 11) is 0. The smallest absolute Gasteiger partial charge is 0.298 e. The minimum absolute atomic E-state index is 0.0496. The molecule has 8 heteroatoms. The van der Waals surface area contributed by atoms with Crippen LogP contribution in [-0.2, 0) is 6.18 Å². The number of rotatable bonds is 2. The first kappa shape index (κ1) is 14.7. The zero-order valence-corrected chi connectivity index (χ0v) is 11.4. The summed E-state index contributed by atoms with van der Waals surface area (Å²) < 4.78 is 53.9. The molecule has 0 amide bonds. The van der Waals surface area contributed by atoms with Gasteiger partial charge in [0.1, 0.15) is 5.82 Å². The van der Waals surface area contributed by atoms with Crippen molar-refractivity contribution < 1.29 is 17.6 Å². The Labute approximate surface area is 117 Å². The Morgan fingerprint density at radius 2 is 1.95 bits per heavy atom. The lowest BCUT2D eigenvalue weighted by Gasteiger charge is -2.13. The largest absolute Gasteiger partial charge is 0.419 e. The lowest BCUT2D eigenvalue weighted by molar-refractivity contribution is -0.139. The molecule has 0 unspecified atom stereocenters. The van der Waals surface area contributed by atoms with Crippen LogP contribution in [0.3, 0.4) is 0 Å². The van der Waals surface area contributed by atoms with E-state index >= 15 is 0 Å². The number of hydrogen-bond acceptors (Lipinski definition) is 2. The van der Waals surface area contributed by atoms with Crippen LogP contribution in [0, 0.1) is 10.6 Å². The lowest BCUT2D eigenvalue weighted by Crippen LogP contribution is -2.10. The van der Waals surface area contributed by atoms with Crippen molar-refractivity contribution in [3.8, 4) is 11.4 Å². The van der Waals surface area contributed by atoms with E-state index in [1.54, 1.807) is 13.8 Å². The minimum atomic E-state index is -4.75. The van der Waals surface area contributed by atoms with Crippen LogP contribution in [0.25, 0.3) is 11.4 Å². The maximum absolute atomic E-state index is 14.1. The molecule has 20 heavy (non-hydrogen) atoms. The quantitative estimate of drug-likeness (QED) is 0.661. The summed E-state index contributed by atoms with van der Waals surface area (Å²) in [6, 6.07) is 2.92. The molecule has 1 aromatic heterocycles. The van der Waals surface area contributed by atoms with Crippen LogP contribution in [0.2, 0.25) is 0 Å². The van der Waals surface area contributed by atoms with Crippen molar-refractivity contribution in [2.45, 2.75) is 26.1 Å². The molecule has 0 spiro atoms. The standard InChI is InChI=1S/C12H11F4N3S/c1-6(2)19-10(17-18-11(19)20)7-4-3-5-8(9(7)13)12(14,15)16/h3-6H,1-2H3,(H,18,20). The van der Waals surface area contributed by atoms with Crippen molar-refractivity contribution in [2.24, 2.45) is 0 Å². The summed E-state index contributed by atoms with van der Waals surface area (Å²) in [5.74, 6) is -1.30. The number of nitrogens with zero attached hydrogens (tertiary/aromatic N) is 2. The Balaban J connectivity index is 2.69. The molecule has 3 nitrogen and oxygen atoms in total. The predicted molar refractivity (Wildman–Crippen MR) is 68.2 cm³/mol. The third-order valence-electron chi connectivity index (χ3n) is 2.77. The number of benzene rings is 1. The molecule has 2 aromatic rings. The van der Waals surface area contributed by atoms with E-state index < -0.39 is 17.6 Å². The maximum atomic E-state index is 14.1. The lowest BCUT2D eigenvalue weighted by atomic mass is 10.1. The second-order valence-electron chi connectivity index (χ2n) is 4.48. The number of H-pyrrole nitrogens is 1.